The highest BCUT2D eigenvalue weighted by molar-refractivity contribution is 6.37. The maximum Gasteiger partial charge on any atom is 0.416 e. The zero-order valence-electron chi connectivity index (χ0n) is 17.2. The Morgan fingerprint density at radius 2 is 1.56 bits per heavy atom. The Kier molecular flexibility index (Phi) is 6.96. The molecule has 1 saturated heterocycles. The number of alkyl halides is 4. The van der Waals surface area contributed by atoms with Crippen molar-refractivity contribution in [2.75, 3.05) is 7.05 Å². The molecule has 2 unspecified atom stereocenters. The summed E-state index contributed by atoms with van der Waals surface area (Å²) in [6.45, 7) is 0. The van der Waals surface area contributed by atoms with Crippen molar-refractivity contribution < 1.29 is 22.4 Å². The molecule has 3 aromatic carbocycles. The summed E-state index contributed by atoms with van der Waals surface area (Å²) >= 11 is 25.5. The third-order valence-electron chi connectivity index (χ3n) is 5.12. The van der Waals surface area contributed by atoms with Gasteiger partial charge in [0.1, 0.15) is 12.0 Å². The van der Waals surface area contributed by atoms with Gasteiger partial charge in [0.15, 0.2) is 5.75 Å². The summed E-state index contributed by atoms with van der Waals surface area (Å²) in [5.41, 5.74) is 2.37. The fraction of sp³-hybridized carbons (Fsp3) is 0.182. The Balaban J connectivity index is 1.87. The van der Waals surface area contributed by atoms with Crippen LogP contribution in [0.2, 0.25) is 15.1 Å². The van der Waals surface area contributed by atoms with Gasteiger partial charge in [-0.25, -0.2) is 14.8 Å². The summed E-state index contributed by atoms with van der Waals surface area (Å²) in [5, 5.41) is -0.110. The molecule has 0 amide bonds. The van der Waals surface area contributed by atoms with Gasteiger partial charge in [0.25, 0.3) is 0 Å². The van der Waals surface area contributed by atoms with Crippen LogP contribution in [-0.4, -0.2) is 17.1 Å². The summed E-state index contributed by atoms with van der Waals surface area (Å²) < 4.78 is 54.5. The van der Waals surface area contributed by atoms with E-state index in [9.17, 15) is 17.6 Å². The second-order valence-corrected chi connectivity index (χ2v) is 9.18. The Morgan fingerprint density at radius 1 is 0.941 bits per heavy atom. The van der Waals surface area contributed by atoms with Gasteiger partial charge in [-0.1, -0.05) is 87.9 Å². The van der Waals surface area contributed by atoms with Crippen molar-refractivity contribution in [1.29, 1.82) is 0 Å². The second-order valence-electron chi connectivity index (χ2n) is 7.41. The van der Waals surface area contributed by atoms with Gasteiger partial charge in [0.05, 0.1) is 26.2 Å². The predicted molar refractivity (Wildman–Crippen MR) is 123 cm³/mol. The Labute approximate surface area is 212 Å². The summed E-state index contributed by atoms with van der Waals surface area (Å²) in [6, 6.07) is 14.2. The smallest absolute Gasteiger partial charge is 0.397 e. The first-order chi connectivity index (χ1) is 15.9. The molecule has 0 aromatic heterocycles. The molecular weight excluding hydrogens is 540 g/mol. The molecule has 1 aliphatic heterocycles. The number of hydrogen-bond donors (Lipinski definition) is 1. The minimum Gasteiger partial charge on any atom is -0.397 e. The standard InChI is InChI=1S/C22H15Cl4F4N3O/c1-32-20(12-6-3-2-4-7-12)33(21(26,31-32)18-14(23)8-5-9-17(18)27)34-19-15(24)10-13(11-16(19)25)22(28,29)30/h2-11,20,31H,1H3. The zero-order valence-corrected chi connectivity index (χ0v) is 20.2. The Bertz CT molecular complexity index is 1170. The first-order valence-corrected chi connectivity index (χ1v) is 11.2. The van der Waals surface area contributed by atoms with Crippen molar-refractivity contribution in [3.8, 4) is 5.75 Å². The number of nitrogens with zero attached hydrogens (tertiary/aromatic N) is 2. The van der Waals surface area contributed by atoms with E-state index < -0.39 is 38.9 Å². The van der Waals surface area contributed by atoms with Crippen LogP contribution in [0.5, 0.6) is 5.75 Å². The van der Waals surface area contributed by atoms with E-state index in [-0.39, 0.29) is 16.3 Å². The number of benzene rings is 3. The maximum absolute atomic E-state index is 15.0. The summed E-state index contributed by atoms with van der Waals surface area (Å²) in [7, 11) is 1.63. The van der Waals surface area contributed by atoms with E-state index in [1.807, 2.05) is 0 Å². The third-order valence-corrected chi connectivity index (χ3v) is 6.44. The number of hydrazine groups is 1. The molecular formula is C22H15Cl4F4N3O. The normalized spacial score (nSPS) is 21.7. The van der Waals surface area contributed by atoms with Gasteiger partial charge in [-0.05, 0) is 29.8 Å². The van der Waals surface area contributed by atoms with Crippen molar-refractivity contribution in [2.45, 2.75) is 17.5 Å². The molecule has 4 nitrogen and oxygen atoms in total. The van der Waals surface area contributed by atoms with Gasteiger partial charge in [-0.15, -0.1) is 0 Å². The molecule has 3 aromatic rings. The second kappa shape index (κ2) is 9.35. The van der Waals surface area contributed by atoms with Crippen LogP contribution in [0.3, 0.4) is 0 Å². The summed E-state index contributed by atoms with van der Waals surface area (Å²) in [4.78, 5) is 5.96. The highest BCUT2D eigenvalue weighted by atomic mass is 35.5. The van der Waals surface area contributed by atoms with E-state index in [4.69, 9.17) is 51.2 Å². The van der Waals surface area contributed by atoms with E-state index in [1.54, 1.807) is 37.4 Å². The SMILES string of the molecule is CN1NC(Cl)(c2c(F)cccc2Cl)N(Oc2c(Cl)cc(C(F)(F)F)cc2Cl)C1c1ccccc1. The lowest BCUT2D eigenvalue weighted by Crippen LogP contribution is -2.47. The zero-order chi connectivity index (χ0) is 24.8. The highest BCUT2D eigenvalue weighted by Gasteiger charge is 2.55. The van der Waals surface area contributed by atoms with Gasteiger partial charge in [0, 0.05) is 7.05 Å². The molecule has 0 spiro atoms. The molecule has 0 aliphatic carbocycles. The molecule has 4 rings (SSSR count). The van der Waals surface area contributed by atoms with Crippen LogP contribution in [0.1, 0.15) is 22.9 Å². The lowest BCUT2D eigenvalue weighted by molar-refractivity contribution is -0.139. The van der Waals surface area contributed by atoms with Crippen LogP contribution < -0.4 is 10.3 Å². The van der Waals surface area contributed by atoms with Gasteiger partial charge in [-0.3, -0.25) is 0 Å². The average molecular weight is 555 g/mol. The lowest BCUT2D eigenvalue weighted by Gasteiger charge is -2.34. The van der Waals surface area contributed by atoms with E-state index in [2.05, 4.69) is 5.43 Å². The molecule has 12 heteroatoms. The molecule has 1 fully saturated rings. The van der Waals surface area contributed by atoms with Crippen molar-refractivity contribution in [3.63, 3.8) is 0 Å². The number of hydroxylamine groups is 2. The van der Waals surface area contributed by atoms with Gasteiger partial charge >= 0.3 is 6.18 Å². The maximum atomic E-state index is 15.0. The summed E-state index contributed by atoms with van der Waals surface area (Å²) in [6.07, 6.45) is -5.48. The van der Waals surface area contributed by atoms with E-state index in [0.717, 1.165) is 5.06 Å². The monoisotopic (exact) mass is 553 g/mol. The number of hydrogen-bond acceptors (Lipinski definition) is 4. The summed E-state index contributed by atoms with van der Waals surface area (Å²) in [5.74, 6) is -1.04. The molecule has 34 heavy (non-hydrogen) atoms. The largest absolute Gasteiger partial charge is 0.416 e. The van der Waals surface area contributed by atoms with Gasteiger partial charge < -0.3 is 4.84 Å². The van der Waals surface area contributed by atoms with E-state index >= 15 is 0 Å². The fourth-order valence-corrected chi connectivity index (χ4v) is 5.01. The molecule has 1 N–H and O–H groups in total. The lowest BCUT2D eigenvalue weighted by atomic mass is 10.1. The Hall–Kier alpha value is -1.78. The van der Waals surface area contributed by atoms with Crippen LogP contribution in [0, 0.1) is 5.82 Å². The van der Waals surface area contributed by atoms with Crippen LogP contribution in [0.15, 0.2) is 60.7 Å². The highest BCUT2D eigenvalue weighted by Crippen LogP contribution is 2.49. The van der Waals surface area contributed by atoms with Crippen molar-refractivity contribution in [1.82, 2.24) is 15.5 Å². The van der Waals surface area contributed by atoms with E-state index in [0.29, 0.717) is 17.7 Å². The van der Waals surface area contributed by atoms with E-state index in [1.165, 1.54) is 23.2 Å². The topological polar surface area (TPSA) is 27.7 Å². The van der Waals surface area contributed by atoms with Crippen molar-refractivity contribution in [3.05, 3.63) is 98.2 Å². The van der Waals surface area contributed by atoms with Crippen LogP contribution in [0.4, 0.5) is 17.6 Å². The van der Waals surface area contributed by atoms with Gasteiger partial charge in [-0.2, -0.15) is 13.2 Å². The molecule has 0 radical (unpaired) electrons. The first-order valence-electron chi connectivity index (χ1n) is 9.66. The van der Waals surface area contributed by atoms with Crippen molar-refractivity contribution >= 4 is 46.4 Å². The quantitative estimate of drug-likeness (QED) is 0.204. The van der Waals surface area contributed by atoms with Crippen molar-refractivity contribution in [2.24, 2.45) is 0 Å². The molecule has 2 atom stereocenters. The number of nitrogens with one attached hydrogen (secondary N) is 1. The molecule has 1 aliphatic rings. The minimum atomic E-state index is -4.68. The fourth-order valence-electron chi connectivity index (χ4n) is 3.66. The van der Waals surface area contributed by atoms with Crippen LogP contribution in [-0.2, 0) is 11.3 Å². The molecule has 0 bridgehead atoms. The number of halogens is 8. The molecule has 1 heterocycles. The number of rotatable bonds is 4. The Morgan fingerprint density at radius 3 is 2.12 bits per heavy atom. The van der Waals surface area contributed by atoms with Crippen LogP contribution >= 0.6 is 46.4 Å². The average Bonchev–Trinajstić information content (AvgIpc) is 3.00. The molecule has 0 saturated carbocycles. The van der Waals surface area contributed by atoms with Gasteiger partial charge in [0.2, 0.25) is 5.12 Å². The minimum absolute atomic E-state index is 0.0113. The first kappa shape index (κ1) is 25.3. The molecule has 180 valence electrons. The third kappa shape index (κ3) is 4.56. The van der Waals surface area contributed by atoms with Crippen LogP contribution in [0.25, 0.3) is 0 Å². The predicted octanol–water partition coefficient (Wildman–Crippen LogP) is 7.60.